The van der Waals surface area contributed by atoms with Gasteiger partial charge in [0.05, 0.1) is 0 Å². The first kappa shape index (κ1) is 18.4. The van der Waals surface area contributed by atoms with Crippen molar-refractivity contribution in [3.63, 3.8) is 0 Å². The van der Waals surface area contributed by atoms with E-state index in [1.54, 1.807) is 0 Å². The highest BCUT2D eigenvalue weighted by Gasteiger charge is 2.22. The summed E-state index contributed by atoms with van der Waals surface area (Å²) in [5.74, 6) is 0. The summed E-state index contributed by atoms with van der Waals surface area (Å²) >= 11 is 0. The molecule has 0 radical (unpaired) electrons. The van der Waals surface area contributed by atoms with Crippen molar-refractivity contribution in [2.75, 3.05) is 13.6 Å². The molecule has 0 aromatic carbocycles. The minimum Gasteiger partial charge on any atom is -0.359 e. The van der Waals surface area contributed by atoms with E-state index in [2.05, 4.69) is 43.1 Å². The maximum Gasteiger partial charge on any atom is 0.100 e. The first-order valence-corrected chi connectivity index (χ1v) is 9.45. The Morgan fingerprint density at radius 2 is 1.29 bits per heavy atom. The summed E-state index contributed by atoms with van der Waals surface area (Å²) in [7, 11) is 2.23. The molecule has 0 bridgehead atoms. The quantitative estimate of drug-likeness (QED) is 0.399. The summed E-state index contributed by atoms with van der Waals surface area (Å²) in [6.45, 7) is 5.82. The molecular weight excluding hydrogens is 256 g/mol. The Morgan fingerprint density at radius 3 is 1.95 bits per heavy atom. The predicted octanol–water partition coefficient (Wildman–Crippen LogP) is 5.75. The standard InChI is InChI=1S/C19H38N2/c1-4-6-8-10-11-13-15-19-20(3)17-18-21(19)16-14-12-9-7-5-2/h17-19H,4-16H2,1-3H3. The zero-order valence-electron chi connectivity index (χ0n) is 14.8. The molecule has 0 N–H and O–H groups in total. The van der Waals surface area contributed by atoms with Gasteiger partial charge >= 0.3 is 0 Å². The Kier molecular flexibility index (Phi) is 10.5. The van der Waals surface area contributed by atoms with Crippen molar-refractivity contribution in [3.05, 3.63) is 12.4 Å². The van der Waals surface area contributed by atoms with Gasteiger partial charge in [-0.05, 0) is 19.3 Å². The molecule has 2 nitrogen and oxygen atoms in total. The van der Waals surface area contributed by atoms with E-state index < -0.39 is 0 Å². The molecule has 0 aliphatic carbocycles. The van der Waals surface area contributed by atoms with Gasteiger partial charge in [0.25, 0.3) is 0 Å². The number of hydrogen-bond acceptors (Lipinski definition) is 2. The van der Waals surface area contributed by atoms with E-state index >= 15 is 0 Å². The van der Waals surface area contributed by atoms with Crippen LogP contribution in [0, 0.1) is 0 Å². The second-order valence-corrected chi connectivity index (χ2v) is 6.65. The van der Waals surface area contributed by atoms with Gasteiger partial charge in [-0.3, -0.25) is 0 Å². The largest absolute Gasteiger partial charge is 0.359 e. The normalized spacial score (nSPS) is 18.0. The molecule has 0 amide bonds. The van der Waals surface area contributed by atoms with Gasteiger partial charge in [0.15, 0.2) is 0 Å². The molecule has 124 valence electrons. The maximum atomic E-state index is 2.57. The van der Waals surface area contributed by atoms with E-state index in [9.17, 15) is 0 Å². The summed E-state index contributed by atoms with van der Waals surface area (Å²) < 4.78 is 0. The molecule has 0 fully saturated rings. The number of hydrogen-bond donors (Lipinski definition) is 0. The Morgan fingerprint density at radius 1 is 0.714 bits per heavy atom. The van der Waals surface area contributed by atoms with Gasteiger partial charge in [0.2, 0.25) is 0 Å². The van der Waals surface area contributed by atoms with E-state index in [4.69, 9.17) is 0 Å². The van der Waals surface area contributed by atoms with Crippen LogP contribution in [0.5, 0.6) is 0 Å². The van der Waals surface area contributed by atoms with Crippen LogP contribution in [0.4, 0.5) is 0 Å². The third kappa shape index (κ3) is 7.78. The van der Waals surface area contributed by atoms with Crippen LogP contribution < -0.4 is 0 Å². The molecule has 1 aliphatic heterocycles. The molecule has 2 heteroatoms. The smallest absolute Gasteiger partial charge is 0.100 e. The minimum atomic E-state index is 0.627. The fraction of sp³-hybridized carbons (Fsp3) is 0.895. The van der Waals surface area contributed by atoms with Crippen LogP contribution in [0.25, 0.3) is 0 Å². The van der Waals surface area contributed by atoms with Crippen molar-refractivity contribution >= 4 is 0 Å². The molecule has 1 heterocycles. The van der Waals surface area contributed by atoms with Crippen molar-refractivity contribution < 1.29 is 0 Å². The Hall–Kier alpha value is -0.660. The Balaban J connectivity index is 2.12. The average molecular weight is 295 g/mol. The summed E-state index contributed by atoms with van der Waals surface area (Å²) in [6, 6.07) is 0. The molecule has 0 saturated heterocycles. The minimum absolute atomic E-state index is 0.627. The van der Waals surface area contributed by atoms with Crippen LogP contribution in [0.3, 0.4) is 0 Å². The van der Waals surface area contributed by atoms with Crippen LogP contribution >= 0.6 is 0 Å². The van der Waals surface area contributed by atoms with Gasteiger partial charge in [-0.2, -0.15) is 0 Å². The topological polar surface area (TPSA) is 6.48 Å². The number of unbranched alkanes of at least 4 members (excludes halogenated alkanes) is 9. The Labute approximate surface area is 133 Å². The van der Waals surface area contributed by atoms with Gasteiger partial charge in [0, 0.05) is 26.0 Å². The zero-order valence-corrected chi connectivity index (χ0v) is 14.8. The van der Waals surface area contributed by atoms with Gasteiger partial charge in [-0.15, -0.1) is 0 Å². The van der Waals surface area contributed by atoms with Gasteiger partial charge < -0.3 is 9.80 Å². The highest BCUT2D eigenvalue weighted by atomic mass is 15.4. The van der Waals surface area contributed by atoms with Gasteiger partial charge in [0.1, 0.15) is 6.17 Å². The molecular formula is C19H38N2. The van der Waals surface area contributed by atoms with E-state index in [0.717, 1.165) is 0 Å². The molecule has 0 saturated carbocycles. The second-order valence-electron chi connectivity index (χ2n) is 6.65. The lowest BCUT2D eigenvalue weighted by atomic mass is 10.1. The van der Waals surface area contributed by atoms with Crippen LogP contribution in [-0.2, 0) is 0 Å². The molecule has 0 aromatic rings. The molecule has 1 rings (SSSR count). The van der Waals surface area contributed by atoms with Crippen molar-refractivity contribution in [1.29, 1.82) is 0 Å². The number of nitrogens with zero attached hydrogens (tertiary/aromatic N) is 2. The zero-order chi connectivity index (χ0) is 15.3. The first-order chi connectivity index (χ1) is 10.3. The van der Waals surface area contributed by atoms with Gasteiger partial charge in [-0.25, -0.2) is 0 Å². The monoisotopic (exact) mass is 294 g/mol. The lowest BCUT2D eigenvalue weighted by Crippen LogP contribution is -2.37. The fourth-order valence-electron chi connectivity index (χ4n) is 3.22. The molecule has 1 aliphatic rings. The predicted molar refractivity (Wildman–Crippen MR) is 94.1 cm³/mol. The highest BCUT2D eigenvalue weighted by molar-refractivity contribution is 4.95. The Bertz CT molecular complexity index is 262. The lowest BCUT2D eigenvalue weighted by molar-refractivity contribution is 0.159. The van der Waals surface area contributed by atoms with E-state index in [1.807, 2.05) is 0 Å². The van der Waals surface area contributed by atoms with Crippen molar-refractivity contribution in [2.45, 2.75) is 97.1 Å². The summed E-state index contributed by atoms with van der Waals surface area (Å²) in [4.78, 5) is 4.97. The third-order valence-corrected chi connectivity index (χ3v) is 4.68. The van der Waals surface area contributed by atoms with Crippen LogP contribution in [0.15, 0.2) is 12.4 Å². The summed E-state index contributed by atoms with van der Waals surface area (Å²) in [6.07, 6.45) is 21.8. The molecule has 21 heavy (non-hydrogen) atoms. The number of rotatable bonds is 13. The van der Waals surface area contributed by atoms with E-state index in [-0.39, 0.29) is 0 Å². The van der Waals surface area contributed by atoms with Gasteiger partial charge in [-0.1, -0.05) is 71.6 Å². The fourth-order valence-corrected chi connectivity index (χ4v) is 3.22. The second kappa shape index (κ2) is 11.9. The van der Waals surface area contributed by atoms with Crippen LogP contribution in [0.2, 0.25) is 0 Å². The van der Waals surface area contributed by atoms with E-state index in [1.165, 1.54) is 83.6 Å². The highest BCUT2D eigenvalue weighted by Crippen LogP contribution is 2.21. The SMILES string of the molecule is CCCCCCCCC1N(C)C=CN1CCCCCCC. The molecule has 0 spiro atoms. The summed E-state index contributed by atoms with van der Waals surface area (Å²) in [5, 5.41) is 0. The average Bonchev–Trinajstić information content (AvgIpc) is 2.83. The first-order valence-electron chi connectivity index (χ1n) is 9.45. The van der Waals surface area contributed by atoms with Crippen molar-refractivity contribution in [1.82, 2.24) is 9.80 Å². The van der Waals surface area contributed by atoms with Crippen molar-refractivity contribution in [2.24, 2.45) is 0 Å². The molecule has 0 aromatic heterocycles. The molecule has 1 atom stereocenters. The van der Waals surface area contributed by atoms with Crippen LogP contribution in [0.1, 0.15) is 90.9 Å². The maximum absolute atomic E-state index is 2.57. The molecule has 1 unspecified atom stereocenters. The lowest BCUT2D eigenvalue weighted by Gasteiger charge is -2.30. The van der Waals surface area contributed by atoms with Crippen LogP contribution in [-0.4, -0.2) is 29.6 Å². The van der Waals surface area contributed by atoms with Crippen molar-refractivity contribution in [3.8, 4) is 0 Å². The third-order valence-electron chi connectivity index (χ3n) is 4.68. The summed E-state index contributed by atoms with van der Waals surface area (Å²) in [5.41, 5.74) is 0. The van der Waals surface area contributed by atoms with E-state index in [0.29, 0.717) is 6.17 Å².